The van der Waals surface area contributed by atoms with E-state index in [1.807, 2.05) is 6.07 Å². The number of hydrogen-bond acceptors (Lipinski definition) is 2. The summed E-state index contributed by atoms with van der Waals surface area (Å²) < 4.78 is 6.50. The Bertz CT molecular complexity index is 598. The molecule has 0 heterocycles. The highest BCUT2D eigenvalue weighted by Crippen LogP contribution is 2.55. The first-order valence-electron chi connectivity index (χ1n) is 8.40. The van der Waals surface area contributed by atoms with Gasteiger partial charge in [-0.25, -0.2) is 0 Å². The Morgan fingerprint density at radius 1 is 1.22 bits per heavy atom. The summed E-state index contributed by atoms with van der Waals surface area (Å²) in [5.74, 6) is 3.00. The lowest BCUT2D eigenvalue weighted by Crippen LogP contribution is -2.60. The van der Waals surface area contributed by atoms with Gasteiger partial charge in [-0.2, -0.15) is 0 Å². The molecule has 5 rings (SSSR count). The van der Waals surface area contributed by atoms with Crippen molar-refractivity contribution in [3.63, 3.8) is 0 Å². The molecule has 3 nitrogen and oxygen atoms in total. The van der Waals surface area contributed by atoms with E-state index in [1.165, 1.54) is 19.3 Å². The number of amides is 1. The van der Waals surface area contributed by atoms with E-state index >= 15 is 0 Å². The Balaban J connectivity index is 1.37. The van der Waals surface area contributed by atoms with Gasteiger partial charge in [0.05, 0.1) is 5.02 Å². The fourth-order valence-electron chi connectivity index (χ4n) is 5.33. The van der Waals surface area contributed by atoms with Gasteiger partial charge >= 0.3 is 0 Å². The van der Waals surface area contributed by atoms with Crippen LogP contribution in [0.3, 0.4) is 0 Å². The summed E-state index contributed by atoms with van der Waals surface area (Å²) in [6, 6.07) is 5.41. The molecule has 0 atom stereocenters. The van der Waals surface area contributed by atoms with Crippen molar-refractivity contribution in [1.29, 1.82) is 0 Å². The topological polar surface area (TPSA) is 38.3 Å². The minimum absolute atomic E-state index is 0.0223. The summed E-state index contributed by atoms with van der Waals surface area (Å²) in [5.41, 5.74) is 0.0404. The van der Waals surface area contributed by atoms with E-state index in [-0.39, 0.29) is 18.1 Å². The van der Waals surface area contributed by atoms with Crippen LogP contribution in [0.5, 0.6) is 5.75 Å². The van der Waals surface area contributed by atoms with Crippen LogP contribution in [0.4, 0.5) is 0 Å². The quantitative estimate of drug-likeness (QED) is 0.807. The van der Waals surface area contributed by atoms with Crippen molar-refractivity contribution in [2.24, 2.45) is 17.8 Å². The molecule has 4 saturated carbocycles. The third kappa shape index (κ3) is 3.25. The standard InChI is InChI=1S/C18H21BrClNO2/c19-14-1-2-16(15(20)6-14)23-10-17(22)21-18-7-11-3-12(8-18)5-13(4-11)9-18/h1-2,6,11-13H,3-5,7-10H2,(H,21,22). The average molecular weight is 399 g/mol. The monoisotopic (exact) mass is 397 g/mol. The predicted octanol–water partition coefficient (Wildman–Crippen LogP) is 4.57. The van der Waals surface area contributed by atoms with Crippen molar-refractivity contribution in [2.45, 2.75) is 44.1 Å². The molecule has 4 bridgehead atoms. The van der Waals surface area contributed by atoms with Crippen LogP contribution in [0.2, 0.25) is 5.02 Å². The van der Waals surface area contributed by atoms with Gasteiger partial charge in [-0.05, 0) is 74.5 Å². The van der Waals surface area contributed by atoms with Crippen molar-refractivity contribution >= 4 is 33.4 Å². The molecule has 1 N–H and O–H groups in total. The highest BCUT2D eigenvalue weighted by atomic mass is 79.9. The second kappa shape index (κ2) is 5.96. The van der Waals surface area contributed by atoms with Crippen molar-refractivity contribution < 1.29 is 9.53 Å². The zero-order chi connectivity index (χ0) is 16.0. The Kier molecular flexibility index (Phi) is 4.09. The van der Waals surface area contributed by atoms with Gasteiger partial charge in [0.1, 0.15) is 5.75 Å². The fourth-order valence-corrected chi connectivity index (χ4v) is 6.06. The van der Waals surface area contributed by atoms with E-state index in [9.17, 15) is 4.79 Å². The minimum atomic E-state index is -0.0223. The van der Waals surface area contributed by atoms with E-state index in [4.69, 9.17) is 16.3 Å². The number of carbonyl (C=O) groups is 1. The number of hydrogen-bond donors (Lipinski definition) is 1. The van der Waals surface area contributed by atoms with Gasteiger partial charge in [0.25, 0.3) is 5.91 Å². The Hall–Kier alpha value is -0.740. The summed E-state index contributed by atoms with van der Waals surface area (Å²) >= 11 is 9.49. The Morgan fingerprint density at radius 3 is 2.39 bits per heavy atom. The van der Waals surface area contributed by atoms with Gasteiger partial charge in [-0.1, -0.05) is 27.5 Å². The number of carbonyl (C=O) groups excluding carboxylic acids is 1. The highest BCUT2D eigenvalue weighted by molar-refractivity contribution is 9.10. The summed E-state index contributed by atoms with van der Waals surface area (Å²) in [5, 5.41) is 3.83. The zero-order valence-electron chi connectivity index (χ0n) is 13.0. The maximum Gasteiger partial charge on any atom is 0.258 e. The minimum Gasteiger partial charge on any atom is -0.482 e. The first-order valence-corrected chi connectivity index (χ1v) is 9.57. The SMILES string of the molecule is O=C(COc1ccc(Br)cc1Cl)NC12CC3CC(CC(C3)C1)C2. The van der Waals surface area contributed by atoms with Crippen LogP contribution in [0, 0.1) is 17.8 Å². The Labute approximate surface area is 150 Å². The van der Waals surface area contributed by atoms with Gasteiger partial charge in [-0.3, -0.25) is 4.79 Å². The molecule has 0 saturated heterocycles. The molecular weight excluding hydrogens is 378 g/mol. The molecule has 0 aromatic heterocycles. The van der Waals surface area contributed by atoms with E-state index in [0.717, 1.165) is 41.5 Å². The molecule has 5 heteroatoms. The van der Waals surface area contributed by atoms with Crippen molar-refractivity contribution in [3.8, 4) is 5.75 Å². The summed E-state index contributed by atoms with van der Waals surface area (Å²) in [7, 11) is 0. The van der Waals surface area contributed by atoms with Gasteiger partial charge < -0.3 is 10.1 Å². The molecule has 124 valence electrons. The Morgan fingerprint density at radius 2 is 1.83 bits per heavy atom. The molecule has 23 heavy (non-hydrogen) atoms. The molecule has 1 aromatic carbocycles. The van der Waals surface area contributed by atoms with Crippen LogP contribution in [-0.2, 0) is 4.79 Å². The molecular formula is C18H21BrClNO2. The molecule has 4 fully saturated rings. The van der Waals surface area contributed by atoms with Crippen molar-refractivity contribution in [3.05, 3.63) is 27.7 Å². The predicted molar refractivity (Wildman–Crippen MR) is 93.7 cm³/mol. The van der Waals surface area contributed by atoms with Crippen LogP contribution < -0.4 is 10.1 Å². The van der Waals surface area contributed by atoms with E-state index in [0.29, 0.717) is 10.8 Å². The average Bonchev–Trinajstić information content (AvgIpc) is 2.44. The molecule has 0 spiro atoms. The smallest absolute Gasteiger partial charge is 0.258 e. The zero-order valence-corrected chi connectivity index (χ0v) is 15.3. The summed E-state index contributed by atoms with van der Waals surface area (Å²) in [6.07, 6.45) is 7.59. The largest absolute Gasteiger partial charge is 0.482 e. The van der Waals surface area contributed by atoms with Gasteiger partial charge in [0.2, 0.25) is 0 Å². The molecule has 1 aromatic rings. The van der Waals surface area contributed by atoms with Gasteiger partial charge in [-0.15, -0.1) is 0 Å². The van der Waals surface area contributed by atoms with Crippen LogP contribution >= 0.6 is 27.5 Å². The number of halogens is 2. The number of rotatable bonds is 4. The third-order valence-corrected chi connectivity index (χ3v) is 6.48. The fraction of sp³-hybridized carbons (Fsp3) is 0.611. The second-order valence-electron chi connectivity index (χ2n) is 7.61. The normalized spacial score (nSPS) is 34.4. The van der Waals surface area contributed by atoms with Gasteiger partial charge in [0.15, 0.2) is 6.61 Å². The lowest BCUT2D eigenvalue weighted by molar-refractivity contribution is -0.128. The summed E-state index contributed by atoms with van der Waals surface area (Å²) in [4.78, 5) is 12.4. The lowest BCUT2D eigenvalue weighted by Gasteiger charge is -2.56. The second-order valence-corrected chi connectivity index (χ2v) is 8.93. The maximum absolute atomic E-state index is 12.4. The number of benzene rings is 1. The molecule has 4 aliphatic rings. The molecule has 4 aliphatic carbocycles. The lowest BCUT2D eigenvalue weighted by atomic mass is 9.53. The highest BCUT2D eigenvalue weighted by Gasteiger charge is 2.51. The summed E-state index contributed by atoms with van der Waals surface area (Å²) in [6.45, 7) is 0.0309. The van der Waals surface area contributed by atoms with E-state index in [1.54, 1.807) is 12.1 Å². The van der Waals surface area contributed by atoms with Crippen LogP contribution in [0.1, 0.15) is 38.5 Å². The third-order valence-electron chi connectivity index (χ3n) is 5.70. The van der Waals surface area contributed by atoms with E-state index in [2.05, 4.69) is 21.2 Å². The number of ether oxygens (including phenoxy) is 1. The van der Waals surface area contributed by atoms with E-state index < -0.39 is 0 Å². The molecule has 1 amide bonds. The molecule has 0 unspecified atom stereocenters. The van der Waals surface area contributed by atoms with Crippen LogP contribution in [0.15, 0.2) is 22.7 Å². The maximum atomic E-state index is 12.4. The molecule has 0 aliphatic heterocycles. The van der Waals surface area contributed by atoms with Crippen LogP contribution in [-0.4, -0.2) is 18.1 Å². The van der Waals surface area contributed by atoms with Gasteiger partial charge in [0, 0.05) is 10.0 Å². The number of nitrogens with one attached hydrogen (secondary N) is 1. The first-order chi connectivity index (χ1) is 11.0. The first kappa shape index (κ1) is 15.8. The van der Waals surface area contributed by atoms with Crippen LogP contribution in [0.25, 0.3) is 0 Å². The van der Waals surface area contributed by atoms with Crippen molar-refractivity contribution in [1.82, 2.24) is 5.32 Å². The molecule has 0 radical (unpaired) electrons. The van der Waals surface area contributed by atoms with Crippen molar-refractivity contribution in [2.75, 3.05) is 6.61 Å².